The topological polar surface area (TPSA) is 111 Å². The highest BCUT2D eigenvalue weighted by atomic mass is 16.5. The van der Waals surface area contributed by atoms with E-state index in [4.69, 9.17) is 15.1 Å². The van der Waals surface area contributed by atoms with Gasteiger partial charge in [-0.3, -0.25) is 4.98 Å². The summed E-state index contributed by atoms with van der Waals surface area (Å²) < 4.78 is 5.77. The van der Waals surface area contributed by atoms with E-state index in [2.05, 4.69) is 37.9 Å². The number of piperidine rings is 1. The Morgan fingerprint density at radius 3 is 2.93 bits per heavy atom. The van der Waals surface area contributed by atoms with Gasteiger partial charge in [-0.1, -0.05) is 0 Å². The molecule has 2 aromatic heterocycles. The Morgan fingerprint density at radius 2 is 2.17 bits per heavy atom. The van der Waals surface area contributed by atoms with Crippen LogP contribution in [0.1, 0.15) is 18.5 Å². The zero-order valence-electron chi connectivity index (χ0n) is 17.4. The summed E-state index contributed by atoms with van der Waals surface area (Å²) in [6.07, 6.45) is 8.86. The number of likely N-dealkylation sites (tertiary alicyclic amines) is 1. The van der Waals surface area contributed by atoms with Gasteiger partial charge >= 0.3 is 0 Å². The molecule has 30 heavy (non-hydrogen) atoms. The van der Waals surface area contributed by atoms with Crippen LogP contribution in [-0.4, -0.2) is 84.6 Å². The second-order valence-corrected chi connectivity index (χ2v) is 7.85. The molecule has 0 radical (unpaired) electrons. The molecule has 9 nitrogen and oxygen atoms in total. The molecule has 4 rings (SSSR count). The quantitative estimate of drug-likeness (QED) is 0.502. The summed E-state index contributed by atoms with van der Waals surface area (Å²) in [4.78, 5) is 16.0. The average molecular weight is 411 g/mol. The zero-order valence-corrected chi connectivity index (χ0v) is 17.4. The fraction of sp³-hybridized carbons (Fsp3) is 0.524. The molecule has 0 spiro atoms. The predicted octanol–water partition coefficient (Wildman–Crippen LogP) is 1.10. The van der Waals surface area contributed by atoms with Crippen molar-refractivity contribution in [2.45, 2.75) is 25.0 Å². The molecular formula is C21H30N8O. The summed E-state index contributed by atoms with van der Waals surface area (Å²) in [6.45, 7) is 5.21. The normalized spacial score (nSPS) is 21.5. The molecule has 9 heteroatoms. The minimum Gasteiger partial charge on any atom is -0.387 e. The van der Waals surface area contributed by atoms with E-state index in [0.29, 0.717) is 30.7 Å². The summed E-state index contributed by atoms with van der Waals surface area (Å²) in [7, 11) is 2.15. The second-order valence-electron chi connectivity index (χ2n) is 7.85. The lowest BCUT2D eigenvalue weighted by atomic mass is 10.1. The number of hydrogen-bond acceptors (Lipinski definition) is 9. The number of allylic oxidation sites excluding steroid dienone is 1. The molecule has 0 aromatic carbocycles. The first kappa shape index (κ1) is 20.6. The van der Waals surface area contributed by atoms with Gasteiger partial charge in [-0.15, -0.1) is 0 Å². The summed E-state index contributed by atoms with van der Waals surface area (Å²) in [6, 6.07) is 2.31. The number of anilines is 1. The molecule has 2 saturated heterocycles. The molecule has 2 aliphatic rings. The molecule has 0 saturated carbocycles. The van der Waals surface area contributed by atoms with Crippen LogP contribution in [0, 0.1) is 5.41 Å². The Bertz CT molecular complexity index is 888. The number of hydrogen-bond donors (Lipinski definition) is 4. The molecule has 0 bridgehead atoms. The van der Waals surface area contributed by atoms with Crippen LogP contribution < -0.4 is 16.0 Å². The molecule has 4 heterocycles. The van der Waals surface area contributed by atoms with Gasteiger partial charge in [0, 0.05) is 56.1 Å². The van der Waals surface area contributed by atoms with Crippen LogP contribution in [0.3, 0.4) is 0 Å². The smallest absolute Gasteiger partial charge is 0.154 e. The van der Waals surface area contributed by atoms with Crippen molar-refractivity contribution in [1.29, 1.82) is 5.41 Å². The maximum absolute atomic E-state index is 7.92. The molecular weight excluding hydrogens is 380 g/mol. The number of rotatable bonds is 7. The van der Waals surface area contributed by atoms with E-state index < -0.39 is 0 Å². The Kier molecular flexibility index (Phi) is 6.83. The highest BCUT2D eigenvalue weighted by Crippen LogP contribution is 2.22. The van der Waals surface area contributed by atoms with Crippen LogP contribution in [0.25, 0.3) is 16.6 Å². The molecule has 1 atom stereocenters. The third-order valence-corrected chi connectivity index (χ3v) is 5.60. The van der Waals surface area contributed by atoms with Gasteiger partial charge in [-0.2, -0.15) is 0 Å². The van der Waals surface area contributed by atoms with Crippen LogP contribution >= 0.6 is 0 Å². The third kappa shape index (κ3) is 5.10. The maximum Gasteiger partial charge on any atom is 0.154 e. The lowest BCUT2D eigenvalue weighted by Gasteiger charge is -2.29. The van der Waals surface area contributed by atoms with Crippen LogP contribution in [-0.2, 0) is 4.74 Å². The van der Waals surface area contributed by atoms with Crippen LogP contribution in [0.2, 0.25) is 0 Å². The van der Waals surface area contributed by atoms with Crippen LogP contribution in [0.4, 0.5) is 5.82 Å². The van der Waals surface area contributed by atoms with Gasteiger partial charge in [0.15, 0.2) is 5.82 Å². The Morgan fingerprint density at radius 1 is 1.33 bits per heavy atom. The standard InChI is InChI=1S/C21H30N8O/c1-29-7-2-16(3-8-29)26-12-15(11-22)18-10-19-20(25-5-4-24-19)21(28-18)27-14-17-13-23-6-9-30-17/h4-5,10-12,16-17,22-23,26H,2-3,6-9,13-14H2,1H3,(H,27,28)/b15-12+,22-11?/t17-/m0/s1. The SMILES string of the molecule is CN1CCC(N/C=C(\C=N)c2cc3nccnc3c(NC[C@@H]3CNCCO3)n2)CC1. The van der Waals surface area contributed by atoms with Crippen molar-refractivity contribution in [1.82, 2.24) is 30.5 Å². The third-order valence-electron chi connectivity index (χ3n) is 5.60. The van der Waals surface area contributed by atoms with E-state index in [9.17, 15) is 0 Å². The van der Waals surface area contributed by atoms with Gasteiger partial charge in [0.05, 0.1) is 23.9 Å². The Labute approximate surface area is 176 Å². The number of aromatic nitrogens is 3. The van der Waals surface area contributed by atoms with Crippen molar-refractivity contribution in [2.75, 3.05) is 51.7 Å². The highest BCUT2D eigenvalue weighted by molar-refractivity contribution is 6.08. The number of nitrogens with zero attached hydrogens (tertiary/aromatic N) is 4. The molecule has 4 N–H and O–H groups in total. The molecule has 0 aliphatic carbocycles. The summed E-state index contributed by atoms with van der Waals surface area (Å²) in [5.41, 5.74) is 2.89. The second kappa shape index (κ2) is 9.92. The van der Waals surface area contributed by atoms with Gasteiger partial charge in [-0.25, -0.2) is 9.97 Å². The minimum atomic E-state index is 0.0831. The summed E-state index contributed by atoms with van der Waals surface area (Å²) in [5.74, 6) is 0.664. The lowest BCUT2D eigenvalue weighted by Crippen LogP contribution is -2.42. The zero-order chi connectivity index (χ0) is 20.8. The first-order valence-corrected chi connectivity index (χ1v) is 10.6. The molecule has 2 aromatic rings. The first-order chi connectivity index (χ1) is 14.7. The van der Waals surface area contributed by atoms with Gasteiger partial charge in [-0.05, 0) is 39.0 Å². The monoisotopic (exact) mass is 410 g/mol. The fourth-order valence-corrected chi connectivity index (χ4v) is 3.78. The Balaban J connectivity index is 1.54. The van der Waals surface area contributed by atoms with Crippen molar-refractivity contribution in [3.8, 4) is 0 Å². The van der Waals surface area contributed by atoms with Crippen LogP contribution in [0.15, 0.2) is 24.7 Å². The van der Waals surface area contributed by atoms with E-state index in [1.165, 1.54) is 6.21 Å². The van der Waals surface area contributed by atoms with Crippen molar-refractivity contribution < 1.29 is 4.74 Å². The largest absolute Gasteiger partial charge is 0.387 e. The van der Waals surface area contributed by atoms with Crippen LogP contribution in [0.5, 0.6) is 0 Å². The predicted molar refractivity (Wildman–Crippen MR) is 119 cm³/mol. The number of fused-ring (bicyclic) bond motifs is 1. The number of ether oxygens (including phenoxy) is 1. The number of pyridine rings is 1. The molecule has 0 amide bonds. The van der Waals surface area contributed by atoms with E-state index in [0.717, 1.165) is 55.6 Å². The average Bonchev–Trinajstić information content (AvgIpc) is 2.80. The molecule has 160 valence electrons. The number of morpholine rings is 1. The summed E-state index contributed by atoms with van der Waals surface area (Å²) >= 11 is 0. The lowest BCUT2D eigenvalue weighted by molar-refractivity contribution is 0.0372. The van der Waals surface area contributed by atoms with Gasteiger partial charge < -0.3 is 31.0 Å². The van der Waals surface area contributed by atoms with Gasteiger partial charge in [0.25, 0.3) is 0 Å². The van der Waals surface area contributed by atoms with E-state index >= 15 is 0 Å². The highest BCUT2D eigenvalue weighted by Gasteiger charge is 2.17. The van der Waals surface area contributed by atoms with E-state index in [1.54, 1.807) is 12.4 Å². The van der Waals surface area contributed by atoms with Gasteiger partial charge in [0.2, 0.25) is 0 Å². The van der Waals surface area contributed by atoms with Crippen molar-refractivity contribution in [2.24, 2.45) is 0 Å². The minimum absolute atomic E-state index is 0.0831. The maximum atomic E-state index is 7.92. The Hall–Kier alpha value is -2.62. The first-order valence-electron chi connectivity index (χ1n) is 10.6. The van der Waals surface area contributed by atoms with Crippen molar-refractivity contribution >= 4 is 28.6 Å². The molecule has 2 fully saturated rings. The molecule has 0 unspecified atom stereocenters. The molecule has 2 aliphatic heterocycles. The number of nitrogens with one attached hydrogen (secondary N) is 4. The van der Waals surface area contributed by atoms with Gasteiger partial charge in [0.1, 0.15) is 5.52 Å². The van der Waals surface area contributed by atoms with E-state index in [-0.39, 0.29) is 6.10 Å². The van der Waals surface area contributed by atoms with Crippen molar-refractivity contribution in [3.63, 3.8) is 0 Å². The summed E-state index contributed by atoms with van der Waals surface area (Å²) in [5, 5.41) is 18.1. The fourth-order valence-electron chi connectivity index (χ4n) is 3.78. The van der Waals surface area contributed by atoms with E-state index in [1.807, 2.05) is 12.3 Å². The van der Waals surface area contributed by atoms with Crippen molar-refractivity contribution in [3.05, 3.63) is 30.4 Å².